The van der Waals surface area contributed by atoms with E-state index in [0.717, 1.165) is 29.0 Å². The minimum absolute atomic E-state index is 0.00683. The summed E-state index contributed by atoms with van der Waals surface area (Å²) in [6.07, 6.45) is -6.86. The van der Waals surface area contributed by atoms with E-state index in [9.17, 15) is 57.9 Å². The summed E-state index contributed by atoms with van der Waals surface area (Å²) in [4.78, 5) is 95.7. The highest BCUT2D eigenvalue weighted by Gasteiger charge is 2.47. The predicted octanol–water partition coefficient (Wildman–Crippen LogP) is -2.82. The Labute approximate surface area is 312 Å². The number of nitrogens with zero attached hydrogens (tertiary/aromatic N) is 4. The molecule has 54 heavy (non-hydrogen) atoms. The summed E-state index contributed by atoms with van der Waals surface area (Å²) < 4.78 is 60.4. The van der Waals surface area contributed by atoms with Crippen LogP contribution in [0.3, 0.4) is 0 Å². The van der Waals surface area contributed by atoms with Crippen molar-refractivity contribution >= 4 is 69.1 Å². The van der Waals surface area contributed by atoms with E-state index in [0.29, 0.717) is 12.2 Å². The lowest BCUT2D eigenvalue weighted by atomic mass is 9.87. The van der Waals surface area contributed by atoms with Crippen LogP contribution in [0.15, 0.2) is 12.7 Å². The molecule has 2 amide bonds. The van der Waals surface area contributed by atoms with Crippen LogP contribution in [0, 0.1) is 11.3 Å². The molecule has 0 spiro atoms. The van der Waals surface area contributed by atoms with Crippen molar-refractivity contribution in [2.45, 2.75) is 71.2 Å². The second-order valence-electron chi connectivity index (χ2n) is 12.5. The maximum Gasteiger partial charge on any atom is 0.274 e. The molecule has 1 saturated heterocycles. The van der Waals surface area contributed by atoms with Crippen molar-refractivity contribution < 1.29 is 80.5 Å². The monoisotopic (exact) mass is 847 g/mol. The Morgan fingerprint density at radius 2 is 1.76 bits per heavy atom. The molecule has 0 saturated carbocycles. The van der Waals surface area contributed by atoms with Gasteiger partial charge in [-0.15, -0.1) is 0 Å². The molecular formula is C26H40N7O17P3S-4. The molecule has 2 aromatic heterocycles. The predicted molar refractivity (Wildman–Crippen MR) is 178 cm³/mol. The zero-order valence-electron chi connectivity index (χ0n) is 29.2. The number of phosphoric acid groups is 3. The third kappa shape index (κ3) is 13.4. The number of phosphoric ester groups is 3. The quantitative estimate of drug-likeness (QED) is 0.0625. The van der Waals surface area contributed by atoms with Gasteiger partial charge in [-0.1, -0.05) is 39.5 Å². The molecule has 0 aromatic carbocycles. The fourth-order valence-electron chi connectivity index (χ4n) is 4.57. The van der Waals surface area contributed by atoms with Crippen LogP contribution in [0.4, 0.5) is 5.82 Å². The van der Waals surface area contributed by atoms with Crippen molar-refractivity contribution in [1.82, 2.24) is 30.2 Å². The number of aliphatic hydroxyl groups is 2. The number of nitrogens with two attached hydrogens (primary N) is 1. The first-order valence-corrected chi connectivity index (χ1v) is 21.3. The van der Waals surface area contributed by atoms with Crippen LogP contribution in [-0.2, 0) is 50.7 Å². The van der Waals surface area contributed by atoms with E-state index in [-0.39, 0.29) is 47.5 Å². The average Bonchev–Trinajstić information content (AvgIpc) is 3.64. The topological polar surface area (TPSA) is 375 Å². The van der Waals surface area contributed by atoms with Crippen molar-refractivity contribution in [3.8, 4) is 0 Å². The van der Waals surface area contributed by atoms with E-state index < -0.39 is 84.6 Å². The highest BCUT2D eigenvalue weighted by atomic mass is 32.2. The lowest BCUT2D eigenvalue weighted by Gasteiger charge is -2.36. The number of imidazole rings is 1. The molecule has 8 atom stereocenters. The molecule has 0 radical (unpaired) electrons. The maximum absolute atomic E-state index is 12.5. The van der Waals surface area contributed by atoms with E-state index in [4.69, 9.17) is 10.5 Å². The highest BCUT2D eigenvalue weighted by Crippen LogP contribution is 2.56. The molecule has 1 fully saturated rings. The van der Waals surface area contributed by atoms with E-state index in [2.05, 4.69) is 43.5 Å². The molecule has 24 nitrogen and oxygen atoms in total. The Morgan fingerprint density at radius 1 is 1.09 bits per heavy atom. The van der Waals surface area contributed by atoms with Gasteiger partial charge >= 0.3 is 0 Å². The zero-order chi connectivity index (χ0) is 40.6. The number of rotatable bonds is 21. The van der Waals surface area contributed by atoms with Gasteiger partial charge in [-0.3, -0.25) is 28.1 Å². The first-order valence-electron chi connectivity index (χ1n) is 16.0. The number of nitrogens with one attached hydrogen (secondary N) is 2. The van der Waals surface area contributed by atoms with Gasteiger partial charge in [-0.05, 0) is 6.42 Å². The minimum Gasteiger partial charge on any atom is -0.790 e. The second-order valence-corrected chi connectivity index (χ2v) is 17.6. The number of nitrogen functional groups attached to an aromatic ring is 1. The number of hydrogen-bond acceptors (Lipinski definition) is 22. The number of carbonyl (C=O) groups is 3. The van der Waals surface area contributed by atoms with Crippen LogP contribution in [0.5, 0.6) is 0 Å². The van der Waals surface area contributed by atoms with Gasteiger partial charge in [0.25, 0.3) is 15.6 Å². The Morgan fingerprint density at radius 3 is 2.41 bits per heavy atom. The molecular weight excluding hydrogens is 807 g/mol. The van der Waals surface area contributed by atoms with Gasteiger partial charge in [0.2, 0.25) is 11.8 Å². The molecule has 0 aliphatic carbocycles. The number of anilines is 1. The summed E-state index contributed by atoms with van der Waals surface area (Å²) in [7, 11) is -17.6. The van der Waals surface area contributed by atoms with Gasteiger partial charge in [0, 0.05) is 36.6 Å². The highest BCUT2D eigenvalue weighted by molar-refractivity contribution is 8.13. The van der Waals surface area contributed by atoms with Crippen LogP contribution in [0.1, 0.15) is 46.8 Å². The fourth-order valence-corrected chi connectivity index (χ4v) is 8.16. The van der Waals surface area contributed by atoms with Crippen molar-refractivity contribution in [3.63, 3.8) is 0 Å². The number of aromatic nitrogens is 4. The molecule has 3 rings (SSSR count). The van der Waals surface area contributed by atoms with Gasteiger partial charge < -0.3 is 69.0 Å². The zero-order valence-corrected chi connectivity index (χ0v) is 32.7. The van der Waals surface area contributed by atoms with Crippen LogP contribution in [0.25, 0.3) is 11.2 Å². The lowest BCUT2D eigenvalue weighted by molar-refractivity contribution is -0.347. The maximum atomic E-state index is 12.5. The number of amides is 2. The Bertz CT molecular complexity index is 1780. The first kappa shape index (κ1) is 45.9. The molecule has 3 heterocycles. The fraction of sp³-hybridized carbons (Fsp3) is 0.692. The SMILES string of the molecule is CC[C@H](C)C(=O)SCCNC(=O)CCNC(=O)[C@H](O)C(C)(C)COP(=O)([O-])OP(=O)([O-])OC[C@H]1O[C@@H](n2cnc3c(N)ncnc32)[C@H](O)[C@@H]1OP(=O)([O-])[O-]. The summed E-state index contributed by atoms with van der Waals surface area (Å²) in [5.41, 5.74) is 4.07. The lowest BCUT2D eigenvalue weighted by Crippen LogP contribution is -2.46. The van der Waals surface area contributed by atoms with Crippen molar-refractivity contribution in [2.24, 2.45) is 11.3 Å². The van der Waals surface area contributed by atoms with E-state index in [1.807, 2.05) is 6.92 Å². The molecule has 1 aliphatic heterocycles. The van der Waals surface area contributed by atoms with E-state index >= 15 is 0 Å². The molecule has 6 N–H and O–H groups in total. The standard InChI is InChI=1S/C26H44N7O17P3S/c1-5-14(2)25(38)54-9-8-28-16(34)6-7-29-23(37)20(36)26(3,4)11-47-53(44,45)50-52(42,43)46-10-15-19(49-51(39,40)41)18(35)24(48-15)33-13-32-17-21(27)30-12-31-22(17)33/h12-15,18-20,24,35-36H,5-11H2,1-4H3,(H,28,34)(H,29,37)(H,42,43)(H,44,45)(H2,27,30,31)(H2,39,40,41)/p-4/t14-,15+,18+,19+,20-,24+/m0/s1. The van der Waals surface area contributed by atoms with E-state index in [1.54, 1.807) is 6.92 Å². The van der Waals surface area contributed by atoms with Crippen molar-refractivity contribution in [3.05, 3.63) is 12.7 Å². The molecule has 2 unspecified atom stereocenters. The second kappa shape index (κ2) is 19.1. The number of aliphatic hydroxyl groups excluding tert-OH is 2. The third-order valence-electron chi connectivity index (χ3n) is 7.74. The minimum atomic E-state index is -5.91. The Kier molecular flexibility index (Phi) is 16.3. The molecule has 306 valence electrons. The average molecular weight is 848 g/mol. The van der Waals surface area contributed by atoms with Gasteiger partial charge in [0.05, 0.1) is 27.4 Å². The molecule has 1 aliphatic rings. The number of carbonyl (C=O) groups excluding carboxylic acids is 3. The van der Waals surface area contributed by atoms with Gasteiger partial charge in [-0.2, -0.15) is 0 Å². The largest absolute Gasteiger partial charge is 0.790 e. The number of thioether (sulfide) groups is 1. The van der Waals surface area contributed by atoms with Crippen LogP contribution in [0.2, 0.25) is 0 Å². The van der Waals surface area contributed by atoms with Crippen LogP contribution < -0.4 is 35.9 Å². The normalized spacial score (nSPS) is 22.6. The third-order valence-corrected chi connectivity index (χ3v) is 11.8. The van der Waals surface area contributed by atoms with Gasteiger partial charge in [0.15, 0.2) is 22.8 Å². The summed E-state index contributed by atoms with van der Waals surface area (Å²) in [5, 5.41) is 26.2. The summed E-state index contributed by atoms with van der Waals surface area (Å²) in [6, 6.07) is 0. The number of hydrogen-bond donors (Lipinski definition) is 5. The number of ether oxygens (including phenoxy) is 1. The van der Waals surface area contributed by atoms with Gasteiger partial charge in [-0.25, -0.2) is 19.3 Å². The Hall–Kier alpha value is -2.44. The van der Waals surface area contributed by atoms with Gasteiger partial charge in [0.1, 0.15) is 36.3 Å². The smallest absolute Gasteiger partial charge is 0.274 e. The molecule has 28 heteroatoms. The van der Waals surface area contributed by atoms with E-state index in [1.165, 1.54) is 13.8 Å². The van der Waals surface area contributed by atoms with Crippen LogP contribution in [-0.4, -0.2) is 103 Å². The van der Waals surface area contributed by atoms with Crippen molar-refractivity contribution in [2.75, 3.05) is 37.8 Å². The summed E-state index contributed by atoms with van der Waals surface area (Å²) in [6.45, 7) is 3.81. The molecule has 0 bridgehead atoms. The number of fused-ring (bicyclic) bond motifs is 1. The first-order chi connectivity index (χ1) is 25.0. The summed E-state index contributed by atoms with van der Waals surface area (Å²) >= 11 is 1.09. The summed E-state index contributed by atoms with van der Waals surface area (Å²) in [5.74, 6) is -1.28. The Balaban J connectivity index is 1.51. The van der Waals surface area contributed by atoms with Crippen LogP contribution >= 0.6 is 35.2 Å². The molecule has 2 aromatic rings. The van der Waals surface area contributed by atoms with Crippen molar-refractivity contribution in [1.29, 1.82) is 0 Å².